The number of rotatable bonds is 0. The van der Waals surface area contributed by atoms with Gasteiger partial charge in [0.15, 0.2) is 12.4 Å². The molecule has 2 atom stereocenters. The van der Waals surface area contributed by atoms with Crippen LogP contribution in [0.25, 0.3) is 66.3 Å². The molecule has 4 aromatic carbocycles. The molecule has 0 saturated heterocycles. The molecule has 0 aliphatic carbocycles. The Balaban J connectivity index is 1.30. The Labute approximate surface area is 281 Å². The van der Waals surface area contributed by atoms with Gasteiger partial charge in [-0.25, -0.2) is 0 Å². The third-order valence-electron chi connectivity index (χ3n) is 11.4. The predicted octanol–water partition coefficient (Wildman–Crippen LogP) is 10.1. The van der Waals surface area contributed by atoms with Crippen molar-refractivity contribution in [1.29, 1.82) is 0 Å². The summed E-state index contributed by atoms with van der Waals surface area (Å²) in [6, 6.07) is 39.2. The first-order chi connectivity index (χ1) is 23.3. The molecule has 0 amide bonds. The van der Waals surface area contributed by atoms with Crippen molar-refractivity contribution in [3.05, 3.63) is 144 Å². The maximum atomic E-state index is 4.95. The van der Waals surface area contributed by atoms with Crippen molar-refractivity contribution in [3.8, 4) is 22.5 Å². The number of nitrogens with zero attached hydrogens (tertiary/aromatic N) is 3. The molecule has 0 bridgehead atoms. The molecule has 232 valence electrons. The lowest BCUT2D eigenvalue weighted by molar-refractivity contribution is -0.727. The van der Waals surface area contributed by atoms with Crippen molar-refractivity contribution in [3.63, 3.8) is 0 Å². The zero-order valence-corrected chi connectivity index (χ0v) is 28.1. The van der Waals surface area contributed by atoms with Crippen LogP contribution in [0.5, 0.6) is 0 Å². The van der Waals surface area contributed by atoms with Crippen LogP contribution in [0.2, 0.25) is 0 Å². The third-order valence-corrected chi connectivity index (χ3v) is 11.4. The van der Waals surface area contributed by atoms with Gasteiger partial charge in [-0.1, -0.05) is 75.4 Å². The van der Waals surface area contributed by atoms with Gasteiger partial charge in [-0.05, 0) is 78.8 Å². The summed E-state index contributed by atoms with van der Waals surface area (Å²) in [6.07, 6.45) is 6.65. The lowest BCUT2D eigenvalue weighted by Crippen LogP contribution is -2.53. The first-order valence-electron chi connectivity index (χ1n) is 17.3. The number of hydrogen-bond acceptors (Lipinski definition) is 0. The minimum atomic E-state index is 0.0138. The lowest BCUT2D eigenvalue weighted by atomic mass is 9.78. The standard InChI is InChI=1S/C45H39N3/c1-27-17-20-39-32-12-7-6-11-31(32)36-19-18-29-23-42-38(35-15-10-14-34-33-13-8-9-16-40(33)48(42)44(34)35)25-37(29)41-24-30(45(3,4)5)21-22-46(41)28(2)43(36)47(39)26-27/h6-17,20-26,36,43H,2,18-19H2,1,3-5H3/q+2. The van der Waals surface area contributed by atoms with Crippen LogP contribution in [0.15, 0.2) is 122 Å². The zero-order valence-electron chi connectivity index (χ0n) is 28.1. The fourth-order valence-electron chi connectivity index (χ4n) is 9.05. The molecule has 2 aliphatic heterocycles. The van der Waals surface area contributed by atoms with Gasteiger partial charge in [0.25, 0.3) is 0 Å². The van der Waals surface area contributed by atoms with E-state index < -0.39 is 0 Å². The number of para-hydroxylation sites is 2. The Bertz CT molecular complexity index is 2650. The molecule has 2 aliphatic rings. The van der Waals surface area contributed by atoms with Crippen molar-refractivity contribution in [2.45, 2.75) is 57.9 Å². The molecule has 0 saturated carbocycles. The largest absolute Gasteiger partial charge is 0.308 e. The number of fused-ring (bicyclic) bond motifs is 15. The second kappa shape index (κ2) is 9.64. The topological polar surface area (TPSA) is 12.2 Å². The van der Waals surface area contributed by atoms with Crippen molar-refractivity contribution in [2.75, 3.05) is 0 Å². The molecule has 3 nitrogen and oxygen atoms in total. The fraction of sp³-hybridized carbons (Fsp3) is 0.200. The quantitative estimate of drug-likeness (QED) is 0.149. The summed E-state index contributed by atoms with van der Waals surface area (Å²) in [5, 5.41) is 5.29. The number of benzene rings is 4. The first-order valence-corrected chi connectivity index (χ1v) is 17.3. The van der Waals surface area contributed by atoms with Gasteiger partial charge in [0, 0.05) is 50.9 Å². The van der Waals surface area contributed by atoms with Gasteiger partial charge < -0.3 is 4.40 Å². The van der Waals surface area contributed by atoms with Crippen molar-refractivity contribution in [1.82, 2.24) is 4.40 Å². The van der Waals surface area contributed by atoms with E-state index in [1.165, 1.54) is 82.9 Å². The van der Waals surface area contributed by atoms with Crippen LogP contribution in [0, 0.1) is 6.92 Å². The lowest BCUT2D eigenvalue weighted by Gasteiger charge is -2.29. The molecule has 0 fully saturated rings. The number of aryl methyl sites for hydroxylation is 2. The molecular formula is C45H39N3+2. The highest BCUT2D eigenvalue weighted by Crippen LogP contribution is 2.47. The van der Waals surface area contributed by atoms with E-state index in [0.29, 0.717) is 0 Å². The van der Waals surface area contributed by atoms with Gasteiger partial charge in [0.2, 0.25) is 23.1 Å². The zero-order chi connectivity index (χ0) is 32.5. The van der Waals surface area contributed by atoms with E-state index in [1.807, 2.05) is 0 Å². The van der Waals surface area contributed by atoms with Gasteiger partial charge >= 0.3 is 0 Å². The summed E-state index contributed by atoms with van der Waals surface area (Å²) < 4.78 is 7.46. The summed E-state index contributed by atoms with van der Waals surface area (Å²) >= 11 is 0. The van der Waals surface area contributed by atoms with Crippen molar-refractivity contribution in [2.24, 2.45) is 0 Å². The van der Waals surface area contributed by atoms with Crippen molar-refractivity contribution >= 4 is 43.8 Å². The molecule has 6 heterocycles. The summed E-state index contributed by atoms with van der Waals surface area (Å²) in [7, 11) is 0. The molecule has 10 rings (SSSR count). The first kappa shape index (κ1) is 27.8. The highest BCUT2D eigenvalue weighted by atomic mass is 15.1. The molecule has 3 heteroatoms. The Morgan fingerprint density at radius 2 is 1.50 bits per heavy atom. The molecule has 0 spiro atoms. The fourth-order valence-corrected chi connectivity index (χ4v) is 9.05. The Morgan fingerprint density at radius 1 is 0.729 bits per heavy atom. The number of aromatic nitrogens is 3. The summed E-state index contributed by atoms with van der Waals surface area (Å²) in [6.45, 7) is 14.1. The number of hydrogen-bond donors (Lipinski definition) is 0. The van der Waals surface area contributed by atoms with E-state index in [9.17, 15) is 0 Å². The van der Waals surface area contributed by atoms with Gasteiger partial charge in [-0.3, -0.25) is 0 Å². The summed E-state index contributed by atoms with van der Waals surface area (Å²) in [5.74, 6) is 0.283. The molecular weight excluding hydrogens is 583 g/mol. The molecule has 0 N–H and O–H groups in total. The van der Waals surface area contributed by atoms with Gasteiger partial charge in [-0.15, -0.1) is 0 Å². The molecule has 0 radical (unpaired) electrons. The van der Waals surface area contributed by atoms with Crippen LogP contribution in [0.3, 0.4) is 0 Å². The maximum absolute atomic E-state index is 4.95. The van der Waals surface area contributed by atoms with E-state index >= 15 is 0 Å². The molecule has 48 heavy (non-hydrogen) atoms. The van der Waals surface area contributed by atoms with Crippen molar-refractivity contribution < 1.29 is 9.13 Å². The monoisotopic (exact) mass is 621 g/mol. The van der Waals surface area contributed by atoms with E-state index in [1.54, 1.807) is 0 Å². The normalized spacial score (nSPS) is 17.5. The molecule has 8 aromatic rings. The van der Waals surface area contributed by atoms with Crippen LogP contribution in [-0.2, 0) is 11.8 Å². The van der Waals surface area contributed by atoms with E-state index in [0.717, 1.165) is 18.5 Å². The summed E-state index contributed by atoms with van der Waals surface area (Å²) in [4.78, 5) is 0. The van der Waals surface area contributed by atoms with Gasteiger partial charge in [-0.2, -0.15) is 9.13 Å². The number of allylic oxidation sites excluding steroid dienone is 1. The van der Waals surface area contributed by atoms with E-state index in [2.05, 4.69) is 157 Å². The molecule has 4 aromatic heterocycles. The maximum Gasteiger partial charge on any atom is 0.249 e. The van der Waals surface area contributed by atoms with Gasteiger partial charge in [0.05, 0.1) is 28.0 Å². The summed E-state index contributed by atoms with van der Waals surface area (Å²) in [5.41, 5.74) is 15.6. The highest BCUT2D eigenvalue weighted by Gasteiger charge is 2.47. The number of pyridine rings is 2. The Morgan fingerprint density at radius 3 is 2.35 bits per heavy atom. The van der Waals surface area contributed by atoms with E-state index in [-0.39, 0.29) is 17.4 Å². The minimum absolute atomic E-state index is 0.0138. The van der Waals surface area contributed by atoms with Gasteiger partial charge in [0.1, 0.15) is 0 Å². The Hall–Kier alpha value is -5.28. The minimum Gasteiger partial charge on any atom is -0.308 e. The van der Waals surface area contributed by atoms with Crippen LogP contribution in [0.1, 0.15) is 61.4 Å². The Kier molecular flexibility index (Phi) is 5.58. The predicted molar refractivity (Wildman–Crippen MR) is 198 cm³/mol. The highest BCUT2D eigenvalue weighted by molar-refractivity contribution is 6.23. The van der Waals surface area contributed by atoms with Crippen LogP contribution in [0.4, 0.5) is 0 Å². The SMILES string of the molecule is C=C1C2C(CCc3cc4c(cc3-c3cc(C(C)(C)C)cc[n+]31)c1cccc3c5ccccc5n4c31)c1ccccc1-c1ccc(C)c[n+]12. The average molecular weight is 622 g/mol. The smallest absolute Gasteiger partial charge is 0.249 e. The van der Waals surface area contributed by atoms with Crippen LogP contribution < -0.4 is 9.13 Å². The van der Waals surface area contributed by atoms with Crippen LogP contribution in [-0.4, -0.2) is 4.40 Å². The third kappa shape index (κ3) is 3.70. The molecule has 2 unspecified atom stereocenters. The van der Waals surface area contributed by atoms with Crippen LogP contribution >= 0.6 is 0 Å². The average Bonchev–Trinajstić information content (AvgIpc) is 3.61. The van der Waals surface area contributed by atoms with E-state index in [4.69, 9.17) is 6.58 Å². The second-order valence-corrected chi connectivity index (χ2v) is 15.2. The second-order valence-electron chi connectivity index (χ2n) is 15.2.